The van der Waals surface area contributed by atoms with E-state index in [0.717, 1.165) is 12.0 Å². The number of benzene rings is 2. The number of morpholine rings is 1. The van der Waals surface area contributed by atoms with Gasteiger partial charge in [-0.05, 0) is 48.7 Å². The van der Waals surface area contributed by atoms with Crippen LogP contribution in [0.2, 0.25) is 0 Å². The number of aryl methyl sites for hydroxylation is 1. The Bertz CT molecular complexity index is 1140. The highest BCUT2D eigenvalue weighted by Crippen LogP contribution is 2.34. The van der Waals surface area contributed by atoms with Crippen LogP contribution in [-0.4, -0.2) is 64.5 Å². The molecule has 0 radical (unpaired) electrons. The first kappa shape index (κ1) is 24.2. The smallest absolute Gasteiger partial charge is 0.243 e. The standard InChI is InChI=1S/C24H29N3O6S/c1-32-22-10-7-19(17-21(22)27-12-2-3-24(27)29)25-23(28)11-6-18-4-8-20(9-5-18)34(30,31)26-13-15-33-16-14-26/h4-5,7-10,17H,2-3,6,11-16H2,1H3,(H,25,28). The second-order valence-corrected chi connectivity index (χ2v) is 10.2. The molecule has 10 heteroatoms. The van der Waals surface area contributed by atoms with E-state index < -0.39 is 10.0 Å². The SMILES string of the molecule is COc1ccc(NC(=O)CCc2ccc(S(=O)(=O)N3CCOCC3)cc2)cc1N1CCCC1=O. The van der Waals surface area contributed by atoms with Crippen LogP contribution in [0.4, 0.5) is 11.4 Å². The number of amides is 2. The lowest BCUT2D eigenvalue weighted by molar-refractivity contribution is -0.117. The zero-order chi connectivity index (χ0) is 24.1. The van der Waals surface area contributed by atoms with E-state index in [1.165, 1.54) is 4.31 Å². The zero-order valence-electron chi connectivity index (χ0n) is 19.2. The van der Waals surface area contributed by atoms with Gasteiger partial charge in [-0.3, -0.25) is 9.59 Å². The normalized spacial score (nSPS) is 17.1. The average Bonchev–Trinajstić information content (AvgIpc) is 3.29. The number of sulfonamides is 1. The number of carbonyl (C=O) groups excluding carboxylic acids is 2. The minimum atomic E-state index is -3.54. The minimum Gasteiger partial charge on any atom is -0.495 e. The van der Waals surface area contributed by atoms with E-state index in [-0.39, 0.29) is 23.1 Å². The molecule has 2 aromatic rings. The summed E-state index contributed by atoms with van der Waals surface area (Å²) in [7, 11) is -1.99. The number of anilines is 2. The summed E-state index contributed by atoms with van der Waals surface area (Å²) in [6.07, 6.45) is 2.01. The summed E-state index contributed by atoms with van der Waals surface area (Å²) < 4.78 is 37.5. The number of rotatable bonds is 8. The van der Waals surface area contributed by atoms with Crippen LogP contribution in [0.3, 0.4) is 0 Å². The van der Waals surface area contributed by atoms with Crippen LogP contribution in [0.1, 0.15) is 24.8 Å². The average molecular weight is 488 g/mol. The molecule has 182 valence electrons. The molecule has 0 aliphatic carbocycles. The Morgan fingerprint density at radius 3 is 2.47 bits per heavy atom. The monoisotopic (exact) mass is 487 g/mol. The van der Waals surface area contributed by atoms with Crippen LogP contribution >= 0.6 is 0 Å². The molecule has 1 N–H and O–H groups in total. The second kappa shape index (κ2) is 10.5. The Hall–Kier alpha value is -2.95. The highest BCUT2D eigenvalue weighted by atomic mass is 32.2. The van der Waals surface area contributed by atoms with Crippen molar-refractivity contribution in [3.63, 3.8) is 0 Å². The highest BCUT2D eigenvalue weighted by molar-refractivity contribution is 7.89. The molecule has 0 aromatic heterocycles. The van der Waals surface area contributed by atoms with Gasteiger partial charge in [0.2, 0.25) is 21.8 Å². The summed E-state index contributed by atoms with van der Waals surface area (Å²) in [5, 5.41) is 2.87. The number of hydrogen-bond acceptors (Lipinski definition) is 6. The largest absolute Gasteiger partial charge is 0.495 e. The predicted octanol–water partition coefficient (Wildman–Crippen LogP) is 2.41. The molecule has 0 bridgehead atoms. The fourth-order valence-electron chi connectivity index (χ4n) is 4.13. The molecule has 0 spiro atoms. The number of methoxy groups -OCH3 is 1. The van der Waals surface area contributed by atoms with E-state index in [1.807, 2.05) is 0 Å². The van der Waals surface area contributed by atoms with Crippen LogP contribution in [0.25, 0.3) is 0 Å². The van der Waals surface area contributed by atoms with Crippen LogP contribution in [-0.2, 0) is 30.8 Å². The van der Waals surface area contributed by atoms with E-state index in [0.29, 0.717) is 62.8 Å². The lowest BCUT2D eigenvalue weighted by atomic mass is 10.1. The molecule has 2 amide bonds. The Morgan fingerprint density at radius 2 is 1.82 bits per heavy atom. The number of hydrogen-bond donors (Lipinski definition) is 1. The molecular weight excluding hydrogens is 458 g/mol. The molecule has 4 rings (SSSR count). The first-order valence-electron chi connectivity index (χ1n) is 11.3. The zero-order valence-corrected chi connectivity index (χ0v) is 20.0. The second-order valence-electron chi connectivity index (χ2n) is 8.24. The molecule has 2 aromatic carbocycles. The van der Waals surface area contributed by atoms with Crippen molar-refractivity contribution < 1.29 is 27.5 Å². The third kappa shape index (κ3) is 5.40. The summed E-state index contributed by atoms with van der Waals surface area (Å²) in [4.78, 5) is 26.6. The van der Waals surface area contributed by atoms with Gasteiger partial charge in [-0.15, -0.1) is 0 Å². The lowest BCUT2D eigenvalue weighted by Gasteiger charge is -2.26. The van der Waals surface area contributed by atoms with E-state index >= 15 is 0 Å². The van der Waals surface area contributed by atoms with E-state index in [9.17, 15) is 18.0 Å². The molecule has 2 aliphatic heterocycles. The van der Waals surface area contributed by atoms with Gasteiger partial charge in [0.05, 0.1) is 30.9 Å². The Labute approximate surface area is 199 Å². The third-order valence-electron chi connectivity index (χ3n) is 6.00. The number of nitrogens with one attached hydrogen (secondary N) is 1. The minimum absolute atomic E-state index is 0.0425. The van der Waals surface area contributed by atoms with Crippen molar-refractivity contribution in [1.82, 2.24) is 4.31 Å². The van der Waals surface area contributed by atoms with Crippen molar-refractivity contribution >= 4 is 33.2 Å². The summed E-state index contributed by atoms with van der Waals surface area (Å²) in [5.74, 6) is 0.454. The van der Waals surface area contributed by atoms with Crippen LogP contribution in [0, 0.1) is 0 Å². The lowest BCUT2D eigenvalue weighted by Crippen LogP contribution is -2.40. The quantitative estimate of drug-likeness (QED) is 0.613. The van der Waals surface area contributed by atoms with Gasteiger partial charge in [-0.2, -0.15) is 4.31 Å². The van der Waals surface area contributed by atoms with Gasteiger partial charge in [-0.1, -0.05) is 12.1 Å². The summed E-state index contributed by atoms with van der Waals surface area (Å²) >= 11 is 0. The highest BCUT2D eigenvalue weighted by Gasteiger charge is 2.26. The van der Waals surface area contributed by atoms with Crippen molar-refractivity contribution in [3.8, 4) is 5.75 Å². The maximum absolute atomic E-state index is 12.7. The number of ether oxygens (including phenoxy) is 2. The Kier molecular flexibility index (Phi) is 7.50. The molecule has 2 saturated heterocycles. The van der Waals surface area contributed by atoms with Crippen LogP contribution in [0.15, 0.2) is 47.4 Å². The fourth-order valence-corrected chi connectivity index (χ4v) is 5.53. The maximum atomic E-state index is 12.7. The Morgan fingerprint density at radius 1 is 1.09 bits per heavy atom. The third-order valence-corrected chi connectivity index (χ3v) is 7.91. The van der Waals surface area contributed by atoms with E-state index in [4.69, 9.17) is 9.47 Å². The molecule has 2 heterocycles. The fraction of sp³-hybridized carbons (Fsp3) is 0.417. The van der Waals surface area contributed by atoms with Gasteiger partial charge in [0.1, 0.15) is 5.75 Å². The molecular formula is C24H29N3O6S. The first-order chi connectivity index (χ1) is 16.4. The molecule has 9 nitrogen and oxygen atoms in total. The van der Waals surface area contributed by atoms with Crippen molar-refractivity contribution in [2.75, 3.05) is 50.2 Å². The van der Waals surface area contributed by atoms with Gasteiger partial charge >= 0.3 is 0 Å². The van der Waals surface area contributed by atoms with Crippen LogP contribution < -0.4 is 15.0 Å². The van der Waals surface area contributed by atoms with Gasteiger partial charge in [-0.25, -0.2) is 8.42 Å². The Balaban J connectivity index is 1.35. The summed E-state index contributed by atoms with van der Waals surface area (Å²) in [6, 6.07) is 11.9. The predicted molar refractivity (Wildman–Crippen MR) is 128 cm³/mol. The van der Waals surface area contributed by atoms with Gasteiger partial charge in [0.25, 0.3) is 0 Å². The molecule has 2 aliphatic rings. The maximum Gasteiger partial charge on any atom is 0.243 e. The summed E-state index contributed by atoms with van der Waals surface area (Å²) in [6.45, 7) is 2.13. The molecule has 0 atom stereocenters. The number of carbonyl (C=O) groups is 2. The van der Waals surface area contributed by atoms with Gasteiger partial charge < -0.3 is 19.7 Å². The molecule has 0 saturated carbocycles. The van der Waals surface area contributed by atoms with Crippen molar-refractivity contribution in [2.45, 2.75) is 30.6 Å². The number of nitrogens with zero attached hydrogens (tertiary/aromatic N) is 2. The summed E-state index contributed by atoms with van der Waals surface area (Å²) in [5.41, 5.74) is 2.11. The van der Waals surface area contributed by atoms with Gasteiger partial charge in [0.15, 0.2) is 0 Å². The first-order valence-corrected chi connectivity index (χ1v) is 12.8. The van der Waals surface area contributed by atoms with E-state index in [2.05, 4.69) is 5.32 Å². The molecule has 2 fully saturated rings. The molecule has 0 unspecified atom stereocenters. The van der Waals surface area contributed by atoms with Crippen molar-refractivity contribution in [2.24, 2.45) is 0 Å². The molecule has 34 heavy (non-hydrogen) atoms. The van der Waals surface area contributed by atoms with Crippen LogP contribution in [0.5, 0.6) is 5.75 Å². The van der Waals surface area contributed by atoms with Crippen molar-refractivity contribution in [3.05, 3.63) is 48.0 Å². The topological polar surface area (TPSA) is 105 Å². The van der Waals surface area contributed by atoms with Gasteiger partial charge in [0, 0.05) is 38.2 Å². The van der Waals surface area contributed by atoms with E-state index in [1.54, 1.807) is 54.5 Å². The van der Waals surface area contributed by atoms with Crippen molar-refractivity contribution in [1.29, 1.82) is 0 Å².